The van der Waals surface area contributed by atoms with Gasteiger partial charge in [0.05, 0.1) is 22.7 Å². The third-order valence-electron chi connectivity index (χ3n) is 2.62. The number of anilines is 1. The van der Waals surface area contributed by atoms with Crippen LogP contribution in [-0.4, -0.2) is 20.5 Å². The Balaban J connectivity index is 2.15. The summed E-state index contributed by atoms with van der Waals surface area (Å²) in [6.07, 6.45) is 1.66. The molecule has 2 rings (SSSR count). The van der Waals surface area contributed by atoms with Crippen LogP contribution in [-0.2, 0) is 16.6 Å². The van der Waals surface area contributed by atoms with Crippen LogP contribution in [0.2, 0.25) is 0 Å². The fraction of sp³-hybridized carbons (Fsp3) is 0.250. The third-order valence-corrected chi connectivity index (χ3v) is 4.93. The van der Waals surface area contributed by atoms with E-state index in [0.29, 0.717) is 5.75 Å². The Morgan fingerprint density at radius 1 is 1.45 bits per heavy atom. The van der Waals surface area contributed by atoms with Crippen LogP contribution < -0.4 is 15.2 Å². The van der Waals surface area contributed by atoms with E-state index in [1.54, 1.807) is 6.20 Å². The second-order valence-electron chi connectivity index (χ2n) is 4.07. The SMILES string of the molecule is COc1ccc(S(=O)(=O)NCc2cnc(C)s2)cc1N. The van der Waals surface area contributed by atoms with E-state index in [9.17, 15) is 8.42 Å². The molecule has 0 radical (unpaired) electrons. The monoisotopic (exact) mass is 313 g/mol. The maximum atomic E-state index is 12.1. The number of nitrogen functional groups attached to an aromatic ring is 1. The molecule has 0 fully saturated rings. The molecule has 108 valence electrons. The average Bonchev–Trinajstić information content (AvgIpc) is 2.82. The zero-order valence-electron chi connectivity index (χ0n) is 11.1. The number of hydrogen-bond acceptors (Lipinski definition) is 6. The van der Waals surface area contributed by atoms with Gasteiger partial charge in [-0.1, -0.05) is 0 Å². The molecule has 1 aromatic carbocycles. The normalized spacial score (nSPS) is 11.5. The van der Waals surface area contributed by atoms with Crippen LogP contribution in [0.3, 0.4) is 0 Å². The molecule has 0 saturated carbocycles. The van der Waals surface area contributed by atoms with E-state index in [1.807, 2.05) is 6.92 Å². The molecule has 0 unspecified atom stereocenters. The van der Waals surface area contributed by atoms with Crippen molar-refractivity contribution in [3.05, 3.63) is 34.3 Å². The number of nitrogens with two attached hydrogens (primary N) is 1. The van der Waals surface area contributed by atoms with Crippen LogP contribution in [0.1, 0.15) is 9.88 Å². The first kappa shape index (κ1) is 14.8. The maximum absolute atomic E-state index is 12.1. The molecule has 1 heterocycles. The van der Waals surface area contributed by atoms with Gasteiger partial charge in [0.1, 0.15) is 5.75 Å². The molecule has 0 amide bonds. The van der Waals surface area contributed by atoms with Gasteiger partial charge in [-0.2, -0.15) is 0 Å². The summed E-state index contributed by atoms with van der Waals surface area (Å²) < 4.78 is 31.8. The van der Waals surface area contributed by atoms with Crippen molar-refractivity contribution in [2.75, 3.05) is 12.8 Å². The molecule has 8 heteroatoms. The van der Waals surface area contributed by atoms with Gasteiger partial charge in [0.2, 0.25) is 10.0 Å². The van der Waals surface area contributed by atoms with E-state index in [2.05, 4.69) is 9.71 Å². The number of thiazole rings is 1. The van der Waals surface area contributed by atoms with Gasteiger partial charge in [0.15, 0.2) is 0 Å². The van der Waals surface area contributed by atoms with Crippen LogP contribution in [0.25, 0.3) is 0 Å². The molecule has 0 aliphatic carbocycles. The number of aryl methyl sites for hydroxylation is 1. The largest absolute Gasteiger partial charge is 0.495 e. The summed E-state index contributed by atoms with van der Waals surface area (Å²) in [6, 6.07) is 4.36. The molecule has 1 aromatic heterocycles. The minimum atomic E-state index is -3.60. The predicted molar refractivity (Wildman–Crippen MR) is 78.3 cm³/mol. The van der Waals surface area contributed by atoms with Crippen molar-refractivity contribution >= 4 is 27.0 Å². The quantitative estimate of drug-likeness (QED) is 0.816. The van der Waals surface area contributed by atoms with E-state index in [0.717, 1.165) is 9.88 Å². The number of rotatable bonds is 5. The third kappa shape index (κ3) is 3.27. The van der Waals surface area contributed by atoms with Gasteiger partial charge in [0.25, 0.3) is 0 Å². The fourth-order valence-electron chi connectivity index (χ4n) is 1.62. The van der Waals surface area contributed by atoms with E-state index < -0.39 is 10.0 Å². The first-order valence-corrected chi connectivity index (χ1v) is 8.07. The van der Waals surface area contributed by atoms with Crippen molar-refractivity contribution in [2.24, 2.45) is 0 Å². The van der Waals surface area contributed by atoms with Gasteiger partial charge in [-0.25, -0.2) is 18.1 Å². The average molecular weight is 313 g/mol. The minimum Gasteiger partial charge on any atom is -0.495 e. The van der Waals surface area contributed by atoms with Crippen molar-refractivity contribution in [1.29, 1.82) is 0 Å². The van der Waals surface area contributed by atoms with Crippen LogP contribution in [0.5, 0.6) is 5.75 Å². The van der Waals surface area contributed by atoms with Crippen molar-refractivity contribution in [3.63, 3.8) is 0 Å². The molecular formula is C12H15N3O3S2. The standard InChI is InChI=1S/C12H15N3O3S2/c1-8-14-6-9(19-8)7-15-20(16,17)10-3-4-12(18-2)11(13)5-10/h3-6,15H,7,13H2,1-2H3. The summed E-state index contributed by atoms with van der Waals surface area (Å²) in [5, 5.41) is 0.896. The Labute approximate surface area is 121 Å². The summed E-state index contributed by atoms with van der Waals surface area (Å²) in [4.78, 5) is 5.04. The van der Waals surface area contributed by atoms with Crippen LogP contribution in [0, 0.1) is 6.92 Å². The Morgan fingerprint density at radius 3 is 2.75 bits per heavy atom. The second-order valence-corrected chi connectivity index (χ2v) is 7.16. The highest BCUT2D eigenvalue weighted by Gasteiger charge is 2.16. The van der Waals surface area contributed by atoms with E-state index in [-0.39, 0.29) is 17.1 Å². The summed E-state index contributed by atoms with van der Waals surface area (Å²) in [5.74, 6) is 0.446. The lowest BCUT2D eigenvalue weighted by molar-refractivity contribution is 0.416. The number of nitrogens with one attached hydrogen (secondary N) is 1. The summed E-state index contributed by atoms with van der Waals surface area (Å²) >= 11 is 1.45. The molecule has 6 nitrogen and oxygen atoms in total. The van der Waals surface area contributed by atoms with Crippen LogP contribution in [0.15, 0.2) is 29.3 Å². The smallest absolute Gasteiger partial charge is 0.240 e. The molecular weight excluding hydrogens is 298 g/mol. The van der Waals surface area contributed by atoms with E-state index in [1.165, 1.54) is 36.6 Å². The minimum absolute atomic E-state index is 0.108. The molecule has 20 heavy (non-hydrogen) atoms. The lowest BCUT2D eigenvalue weighted by atomic mass is 10.3. The van der Waals surface area contributed by atoms with E-state index >= 15 is 0 Å². The summed E-state index contributed by atoms with van der Waals surface area (Å²) in [5.41, 5.74) is 6.00. The number of ether oxygens (including phenoxy) is 1. The molecule has 0 aliphatic rings. The Hall–Kier alpha value is -1.64. The number of aromatic nitrogens is 1. The Bertz CT molecular complexity index is 710. The van der Waals surface area contributed by atoms with Gasteiger partial charge in [0, 0.05) is 17.6 Å². The van der Waals surface area contributed by atoms with Crippen molar-refractivity contribution in [2.45, 2.75) is 18.4 Å². The first-order valence-electron chi connectivity index (χ1n) is 5.77. The predicted octanol–water partition coefficient (Wildman–Crippen LogP) is 1.52. The number of methoxy groups -OCH3 is 1. The molecule has 0 aliphatic heterocycles. The first-order chi connectivity index (χ1) is 9.42. The zero-order valence-corrected chi connectivity index (χ0v) is 12.7. The summed E-state index contributed by atoms with van der Waals surface area (Å²) in [7, 11) is -2.13. The number of hydrogen-bond donors (Lipinski definition) is 2. The molecule has 0 saturated heterocycles. The lowest BCUT2D eigenvalue weighted by Gasteiger charge is -2.08. The highest BCUT2D eigenvalue weighted by atomic mass is 32.2. The molecule has 2 aromatic rings. The van der Waals surface area contributed by atoms with Gasteiger partial charge in [-0.3, -0.25) is 0 Å². The second kappa shape index (κ2) is 5.78. The topological polar surface area (TPSA) is 94.3 Å². The molecule has 0 atom stereocenters. The van der Waals surface area contributed by atoms with Crippen molar-refractivity contribution < 1.29 is 13.2 Å². The van der Waals surface area contributed by atoms with Crippen LogP contribution >= 0.6 is 11.3 Å². The number of nitrogens with zero attached hydrogens (tertiary/aromatic N) is 1. The number of benzene rings is 1. The van der Waals surface area contributed by atoms with Gasteiger partial charge in [-0.15, -0.1) is 11.3 Å². The molecule has 0 spiro atoms. The molecule has 3 N–H and O–H groups in total. The lowest BCUT2D eigenvalue weighted by Crippen LogP contribution is -2.22. The van der Waals surface area contributed by atoms with E-state index in [4.69, 9.17) is 10.5 Å². The Morgan fingerprint density at radius 2 is 2.20 bits per heavy atom. The van der Waals surface area contributed by atoms with Crippen molar-refractivity contribution in [1.82, 2.24) is 9.71 Å². The van der Waals surface area contributed by atoms with Crippen molar-refractivity contribution in [3.8, 4) is 5.75 Å². The van der Waals surface area contributed by atoms with Gasteiger partial charge >= 0.3 is 0 Å². The Kier molecular flexibility index (Phi) is 4.26. The fourth-order valence-corrected chi connectivity index (χ4v) is 3.48. The maximum Gasteiger partial charge on any atom is 0.240 e. The number of sulfonamides is 1. The van der Waals surface area contributed by atoms with Crippen LogP contribution in [0.4, 0.5) is 5.69 Å². The van der Waals surface area contributed by atoms with Gasteiger partial charge in [-0.05, 0) is 25.1 Å². The van der Waals surface area contributed by atoms with Gasteiger partial charge < -0.3 is 10.5 Å². The highest BCUT2D eigenvalue weighted by Crippen LogP contribution is 2.24. The summed E-state index contributed by atoms with van der Waals surface area (Å²) in [6.45, 7) is 2.08. The zero-order chi connectivity index (χ0) is 14.8. The highest BCUT2D eigenvalue weighted by molar-refractivity contribution is 7.89. The molecule has 0 bridgehead atoms.